The van der Waals surface area contributed by atoms with Crippen LogP contribution in [0.25, 0.3) is 0 Å². The van der Waals surface area contributed by atoms with Gasteiger partial charge in [0, 0.05) is 7.05 Å². The van der Waals surface area contributed by atoms with Gasteiger partial charge >= 0.3 is 5.69 Å². The van der Waals surface area contributed by atoms with E-state index in [0.717, 1.165) is 0 Å². The first-order valence-corrected chi connectivity index (χ1v) is 6.11. The highest BCUT2D eigenvalue weighted by Gasteiger charge is 2.21. The third-order valence-electron chi connectivity index (χ3n) is 3.02. The lowest BCUT2D eigenvalue weighted by Crippen LogP contribution is -2.00. The van der Waals surface area contributed by atoms with E-state index in [4.69, 9.17) is 9.47 Å². The van der Waals surface area contributed by atoms with E-state index in [2.05, 4.69) is 5.10 Å². The summed E-state index contributed by atoms with van der Waals surface area (Å²) in [5.74, 6) is 0.680. The van der Waals surface area contributed by atoms with Crippen LogP contribution in [0.15, 0.2) is 18.2 Å². The van der Waals surface area contributed by atoms with E-state index in [1.165, 1.54) is 23.9 Å². The number of aromatic nitrogens is 2. The molecule has 0 bridgehead atoms. The molecule has 0 spiro atoms. The van der Waals surface area contributed by atoms with Crippen LogP contribution in [0, 0.1) is 17.0 Å². The van der Waals surface area contributed by atoms with Crippen LogP contribution in [-0.4, -0.2) is 26.9 Å². The largest absolute Gasteiger partial charge is 0.496 e. The van der Waals surface area contributed by atoms with Crippen LogP contribution in [-0.2, 0) is 13.7 Å². The zero-order valence-electron chi connectivity index (χ0n) is 11.9. The Kier molecular flexibility index (Phi) is 4.08. The summed E-state index contributed by atoms with van der Waals surface area (Å²) in [5.41, 5.74) is 0.867. The quantitative estimate of drug-likeness (QED) is 0.668. The molecule has 0 aliphatic rings. The first kappa shape index (κ1) is 14.8. The van der Waals surface area contributed by atoms with Crippen molar-refractivity contribution in [2.24, 2.45) is 7.05 Å². The number of aliphatic hydroxyl groups excluding tert-OH is 1. The second kappa shape index (κ2) is 5.80. The monoisotopic (exact) mass is 293 g/mol. The number of aryl methyl sites for hydroxylation is 2. The summed E-state index contributed by atoms with van der Waals surface area (Å²) in [7, 11) is 3.06. The fourth-order valence-corrected chi connectivity index (χ4v) is 1.95. The fourth-order valence-electron chi connectivity index (χ4n) is 1.95. The number of ether oxygens (including phenoxy) is 2. The van der Waals surface area contributed by atoms with Gasteiger partial charge < -0.3 is 14.6 Å². The van der Waals surface area contributed by atoms with Crippen LogP contribution in [0.4, 0.5) is 5.69 Å². The lowest BCUT2D eigenvalue weighted by atomic mass is 10.2. The number of methoxy groups -OCH3 is 1. The molecule has 0 aliphatic heterocycles. The summed E-state index contributed by atoms with van der Waals surface area (Å²) in [5, 5.41) is 24.6. The first-order valence-electron chi connectivity index (χ1n) is 6.11. The minimum absolute atomic E-state index is 0.0542. The third-order valence-corrected chi connectivity index (χ3v) is 3.02. The zero-order chi connectivity index (χ0) is 15.6. The average molecular weight is 293 g/mol. The Morgan fingerprint density at radius 2 is 2.19 bits per heavy atom. The van der Waals surface area contributed by atoms with E-state index < -0.39 is 4.92 Å². The maximum absolute atomic E-state index is 11.1. The van der Waals surface area contributed by atoms with E-state index in [9.17, 15) is 15.2 Å². The molecule has 8 nitrogen and oxygen atoms in total. The van der Waals surface area contributed by atoms with Gasteiger partial charge in [-0.1, -0.05) is 0 Å². The van der Waals surface area contributed by atoms with Crippen LogP contribution in [0.5, 0.6) is 17.4 Å². The molecule has 0 saturated heterocycles. The van der Waals surface area contributed by atoms with Crippen molar-refractivity contribution in [3.8, 4) is 17.4 Å². The average Bonchev–Trinajstić information content (AvgIpc) is 2.72. The van der Waals surface area contributed by atoms with Crippen molar-refractivity contribution in [3.63, 3.8) is 0 Å². The van der Waals surface area contributed by atoms with E-state index in [-0.39, 0.29) is 23.9 Å². The van der Waals surface area contributed by atoms with E-state index in [1.54, 1.807) is 20.0 Å². The molecule has 2 aromatic rings. The predicted octanol–water partition coefficient (Wildman–Crippen LogP) is 1.93. The molecule has 0 amide bonds. The fraction of sp³-hybridized carbons (Fsp3) is 0.308. The second-order valence-electron chi connectivity index (χ2n) is 4.34. The molecule has 0 radical (unpaired) electrons. The Labute approximate surface area is 120 Å². The maximum Gasteiger partial charge on any atom is 0.315 e. The molecule has 0 saturated carbocycles. The number of hydrogen-bond acceptors (Lipinski definition) is 6. The van der Waals surface area contributed by atoms with Crippen LogP contribution in [0.1, 0.15) is 11.3 Å². The SMILES string of the molecule is COc1ccc(Oc2c(CO)c(C)nn2C)c([N+](=O)[O-])c1. The molecule has 0 aliphatic carbocycles. The lowest BCUT2D eigenvalue weighted by Gasteiger charge is -2.09. The molecule has 1 aromatic heterocycles. The summed E-state index contributed by atoms with van der Waals surface area (Å²) in [4.78, 5) is 10.6. The summed E-state index contributed by atoms with van der Waals surface area (Å²) in [6, 6.07) is 4.28. The van der Waals surface area contributed by atoms with Crippen LogP contribution >= 0.6 is 0 Å². The smallest absolute Gasteiger partial charge is 0.315 e. The van der Waals surface area contributed by atoms with E-state index in [0.29, 0.717) is 17.0 Å². The molecule has 21 heavy (non-hydrogen) atoms. The van der Waals surface area contributed by atoms with Gasteiger partial charge in [0.05, 0.1) is 36.0 Å². The van der Waals surface area contributed by atoms with Gasteiger partial charge in [0.15, 0.2) is 0 Å². The summed E-state index contributed by atoms with van der Waals surface area (Å²) in [6.45, 7) is 1.46. The molecular weight excluding hydrogens is 278 g/mol. The van der Waals surface area contributed by atoms with Gasteiger partial charge in [-0.3, -0.25) is 10.1 Å². The minimum Gasteiger partial charge on any atom is -0.496 e. The lowest BCUT2D eigenvalue weighted by molar-refractivity contribution is -0.385. The number of hydrogen-bond donors (Lipinski definition) is 1. The third kappa shape index (κ3) is 2.79. The molecule has 8 heteroatoms. The summed E-state index contributed by atoms with van der Waals surface area (Å²) < 4.78 is 12.0. The van der Waals surface area contributed by atoms with Gasteiger partial charge in [-0.15, -0.1) is 0 Å². The Morgan fingerprint density at radius 3 is 2.76 bits per heavy atom. The number of nitrogens with zero attached hydrogens (tertiary/aromatic N) is 3. The molecule has 0 fully saturated rings. The van der Waals surface area contributed by atoms with Gasteiger partial charge in [-0.05, 0) is 19.1 Å². The Morgan fingerprint density at radius 1 is 1.48 bits per heavy atom. The van der Waals surface area contributed by atoms with Crippen molar-refractivity contribution in [2.75, 3.05) is 7.11 Å². The van der Waals surface area contributed by atoms with Crippen molar-refractivity contribution in [2.45, 2.75) is 13.5 Å². The summed E-state index contributed by atoms with van der Waals surface area (Å²) in [6.07, 6.45) is 0. The zero-order valence-corrected chi connectivity index (χ0v) is 11.9. The van der Waals surface area contributed by atoms with Crippen LogP contribution < -0.4 is 9.47 Å². The highest BCUT2D eigenvalue weighted by molar-refractivity contribution is 5.52. The van der Waals surface area contributed by atoms with Gasteiger partial charge in [-0.25, -0.2) is 4.68 Å². The molecule has 112 valence electrons. The second-order valence-corrected chi connectivity index (χ2v) is 4.34. The molecule has 1 aromatic carbocycles. The van der Waals surface area contributed by atoms with Crippen molar-refractivity contribution >= 4 is 5.69 Å². The molecule has 0 unspecified atom stereocenters. The van der Waals surface area contributed by atoms with Gasteiger partial charge in [0.25, 0.3) is 0 Å². The number of aliphatic hydroxyl groups is 1. The van der Waals surface area contributed by atoms with Crippen molar-refractivity contribution in [1.82, 2.24) is 9.78 Å². The molecular formula is C13H15N3O5. The van der Waals surface area contributed by atoms with Crippen molar-refractivity contribution in [3.05, 3.63) is 39.6 Å². The number of benzene rings is 1. The van der Waals surface area contributed by atoms with Gasteiger partial charge in [0.2, 0.25) is 11.6 Å². The van der Waals surface area contributed by atoms with Gasteiger partial charge in [-0.2, -0.15) is 5.10 Å². The molecule has 2 rings (SSSR count). The van der Waals surface area contributed by atoms with Crippen molar-refractivity contribution in [1.29, 1.82) is 0 Å². The topological polar surface area (TPSA) is 99.7 Å². The molecule has 1 N–H and O–H groups in total. The Bertz CT molecular complexity index is 681. The van der Waals surface area contributed by atoms with E-state index >= 15 is 0 Å². The minimum atomic E-state index is -0.556. The van der Waals surface area contributed by atoms with Crippen LogP contribution in [0.2, 0.25) is 0 Å². The number of rotatable bonds is 5. The number of nitro benzene ring substituents is 1. The Hall–Kier alpha value is -2.61. The number of nitro groups is 1. The van der Waals surface area contributed by atoms with Crippen molar-refractivity contribution < 1.29 is 19.5 Å². The van der Waals surface area contributed by atoms with Gasteiger partial charge in [0.1, 0.15) is 5.75 Å². The highest BCUT2D eigenvalue weighted by atomic mass is 16.6. The molecule has 1 heterocycles. The normalized spacial score (nSPS) is 10.5. The molecule has 0 atom stereocenters. The highest BCUT2D eigenvalue weighted by Crippen LogP contribution is 2.36. The standard InChI is InChI=1S/C13H15N3O5/c1-8-10(7-17)13(15(2)14-8)21-12-5-4-9(20-3)6-11(12)16(18)19/h4-6,17H,7H2,1-3H3. The first-order chi connectivity index (χ1) is 9.97. The predicted molar refractivity (Wildman–Crippen MR) is 73.6 cm³/mol. The van der Waals surface area contributed by atoms with E-state index in [1.807, 2.05) is 0 Å². The Balaban J connectivity index is 2.47. The maximum atomic E-state index is 11.1. The van der Waals surface area contributed by atoms with Crippen LogP contribution in [0.3, 0.4) is 0 Å². The summed E-state index contributed by atoms with van der Waals surface area (Å²) >= 11 is 0.